The van der Waals surface area contributed by atoms with Crippen LogP contribution in [0.15, 0.2) is 0 Å². The van der Waals surface area contributed by atoms with Crippen LogP contribution in [0.25, 0.3) is 0 Å². The molecular weight excluding hydrogens is 356 g/mol. The largest absolute Gasteiger partial charge is 0.395 e. The Balaban J connectivity index is 1.70. The minimum atomic E-state index is -1.43. The van der Waals surface area contributed by atoms with Gasteiger partial charge in [-0.2, -0.15) is 0 Å². The Morgan fingerprint density at radius 1 is 1.14 bits per heavy atom. The fourth-order valence-electron chi connectivity index (χ4n) is 8.59. The number of hydrogen-bond donors (Lipinski definition) is 3. The molecular formula is C23H36O5. The van der Waals surface area contributed by atoms with Crippen molar-refractivity contribution in [1.82, 2.24) is 0 Å². The molecule has 0 saturated heterocycles. The molecule has 4 fully saturated rings. The molecule has 4 aliphatic carbocycles. The van der Waals surface area contributed by atoms with Gasteiger partial charge in [-0.05, 0) is 74.0 Å². The Labute approximate surface area is 167 Å². The van der Waals surface area contributed by atoms with Gasteiger partial charge in [0.25, 0.3) is 0 Å². The molecule has 4 saturated carbocycles. The monoisotopic (exact) mass is 392 g/mol. The lowest BCUT2D eigenvalue weighted by Gasteiger charge is -2.63. The minimum absolute atomic E-state index is 0.164. The van der Waals surface area contributed by atoms with Crippen LogP contribution in [0.1, 0.15) is 71.6 Å². The highest BCUT2D eigenvalue weighted by molar-refractivity contribution is 6.26. The molecule has 28 heavy (non-hydrogen) atoms. The highest BCUT2D eigenvalue weighted by Gasteiger charge is 2.68. The first-order valence-corrected chi connectivity index (χ1v) is 11.2. The third-order valence-electron chi connectivity index (χ3n) is 9.95. The zero-order chi connectivity index (χ0) is 20.3. The van der Waals surface area contributed by atoms with E-state index in [1.165, 1.54) is 32.1 Å². The second-order valence-electron chi connectivity index (χ2n) is 10.7. The van der Waals surface area contributed by atoms with E-state index in [0.29, 0.717) is 24.7 Å². The van der Waals surface area contributed by atoms with Crippen LogP contribution in [0.4, 0.5) is 0 Å². The first kappa shape index (κ1) is 20.5. The maximum atomic E-state index is 12.2. The summed E-state index contributed by atoms with van der Waals surface area (Å²) in [4.78, 5) is 23.3. The van der Waals surface area contributed by atoms with Crippen molar-refractivity contribution in [2.24, 2.45) is 40.4 Å². The summed E-state index contributed by atoms with van der Waals surface area (Å²) in [6, 6.07) is 0. The number of rotatable bonds is 4. The first-order chi connectivity index (χ1) is 13.2. The van der Waals surface area contributed by atoms with Crippen LogP contribution in [0.5, 0.6) is 0 Å². The predicted octanol–water partition coefficient (Wildman–Crippen LogP) is 2.50. The molecule has 4 aliphatic rings. The van der Waals surface area contributed by atoms with Crippen LogP contribution in [0.2, 0.25) is 0 Å². The molecule has 3 unspecified atom stereocenters. The van der Waals surface area contributed by atoms with Gasteiger partial charge in [0.15, 0.2) is 6.29 Å². The number of fused-ring (bicyclic) bond motifs is 5. The molecule has 3 N–H and O–H groups in total. The van der Waals surface area contributed by atoms with E-state index in [-0.39, 0.29) is 23.5 Å². The second-order valence-corrected chi connectivity index (χ2v) is 10.7. The van der Waals surface area contributed by atoms with Crippen molar-refractivity contribution >= 4 is 12.1 Å². The van der Waals surface area contributed by atoms with Crippen LogP contribution in [-0.4, -0.2) is 45.7 Å². The van der Waals surface area contributed by atoms with E-state index in [2.05, 4.69) is 6.92 Å². The van der Waals surface area contributed by atoms with E-state index in [0.717, 1.165) is 12.8 Å². The van der Waals surface area contributed by atoms with E-state index in [1.54, 1.807) is 0 Å². The molecule has 0 aliphatic heterocycles. The van der Waals surface area contributed by atoms with Crippen molar-refractivity contribution < 1.29 is 24.9 Å². The molecule has 0 bridgehead atoms. The summed E-state index contributed by atoms with van der Waals surface area (Å²) in [5, 5.41) is 32.9. The van der Waals surface area contributed by atoms with Crippen LogP contribution >= 0.6 is 0 Å². The Morgan fingerprint density at radius 2 is 1.89 bits per heavy atom. The Morgan fingerprint density at radius 3 is 2.57 bits per heavy atom. The molecule has 0 amide bonds. The van der Waals surface area contributed by atoms with Crippen LogP contribution in [0, 0.1) is 40.4 Å². The van der Waals surface area contributed by atoms with E-state index in [9.17, 15) is 24.9 Å². The predicted molar refractivity (Wildman–Crippen MR) is 104 cm³/mol. The summed E-state index contributed by atoms with van der Waals surface area (Å²) in [6.07, 6.45) is 8.59. The maximum absolute atomic E-state index is 12.2. The third kappa shape index (κ3) is 2.55. The van der Waals surface area contributed by atoms with E-state index in [1.807, 2.05) is 6.92 Å². The summed E-state index contributed by atoms with van der Waals surface area (Å²) in [7, 11) is 0. The van der Waals surface area contributed by atoms with Gasteiger partial charge in [-0.15, -0.1) is 0 Å². The molecule has 4 rings (SSSR count). The van der Waals surface area contributed by atoms with Gasteiger partial charge in [-0.3, -0.25) is 9.59 Å². The Kier molecular flexibility index (Phi) is 5.04. The van der Waals surface area contributed by atoms with Crippen molar-refractivity contribution in [2.75, 3.05) is 6.61 Å². The van der Waals surface area contributed by atoms with Gasteiger partial charge in [0.2, 0.25) is 5.78 Å². The summed E-state index contributed by atoms with van der Waals surface area (Å²) < 4.78 is 0. The van der Waals surface area contributed by atoms with E-state index in [4.69, 9.17) is 0 Å². The SMILES string of the molecule is C[C@]12CCCCC1CC[C@@H]1[C@@H]2C(O)C[C@@]2(C)[C@H]1CC[C@]2(O)C(CO)C(=O)C=O. The van der Waals surface area contributed by atoms with Gasteiger partial charge >= 0.3 is 0 Å². The van der Waals surface area contributed by atoms with E-state index < -0.39 is 35.4 Å². The average Bonchev–Trinajstić information content (AvgIpc) is 2.92. The number of aldehydes is 1. The number of hydrogen-bond acceptors (Lipinski definition) is 5. The standard InChI is InChI=1S/C23H36O5/c1-21-9-4-3-5-14(21)6-7-15-16-8-10-23(28,17(12-24)19(27)13-25)22(16,2)11-18(26)20(15)21/h13-18,20,24,26,28H,3-12H2,1-2H3/t14?,15-,16-,17?,18?,20+,21-,22-,23-/m0/s1. The smallest absolute Gasteiger partial charge is 0.203 e. The van der Waals surface area contributed by atoms with Gasteiger partial charge in [-0.25, -0.2) is 0 Å². The van der Waals surface area contributed by atoms with Crippen LogP contribution in [0.3, 0.4) is 0 Å². The van der Waals surface area contributed by atoms with Gasteiger partial charge in [0.1, 0.15) is 0 Å². The van der Waals surface area contributed by atoms with Crippen molar-refractivity contribution in [3.05, 3.63) is 0 Å². The van der Waals surface area contributed by atoms with E-state index >= 15 is 0 Å². The maximum Gasteiger partial charge on any atom is 0.203 e. The highest BCUT2D eigenvalue weighted by atomic mass is 16.3. The molecule has 0 spiro atoms. The van der Waals surface area contributed by atoms with Gasteiger partial charge in [0.05, 0.1) is 24.2 Å². The molecule has 5 nitrogen and oxygen atoms in total. The molecule has 5 heteroatoms. The normalized spacial score (nSPS) is 51.5. The number of carbonyl (C=O) groups is 2. The first-order valence-electron chi connectivity index (χ1n) is 11.2. The molecule has 0 radical (unpaired) electrons. The molecule has 158 valence electrons. The summed E-state index contributed by atoms with van der Waals surface area (Å²) in [5.74, 6) is -0.325. The molecule has 9 atom stereocenters. The zero-order valence-electron chi connectivity index (χ0n) is 17.3. The van der Waals surface area contributed by atoms with Crippen LogP contribution < -0.4 is 0 Å². The lowest BCUT2D eigenvalue weighted by Crippen LogP contribution is -2.63. The van der Waals surface area contributed by atoms with Gasteiger partial charge in [0, 0.05) is 5.41 Å². The van der Waals surface area contributed by atoms with Crippen LogP contribution in [-0.2, 0) is 9.59 Å². The molecule has 0 aromatic heterocycles. The molecule has 0 aromatic rings. The number of ketones is 1. The fourth-order valence-corrected chi connectivity index (χ4v) is 8.59. The zero-order valence-corrected chi connectivity index (χ0v) is 17.3. The Hall–Kier alpha value is -0.780. The van der Waals surface area contributed by atoms with Crippen molar-refractivity contribution in [3.8, 4) is 0 Å². The lowest BCUT2D eigenvalue weighted by molar-refractivity contribution is -0.210. The topological polar surface area (TPSA) is 94.8 Å². The molecule has 0 heterocycles. The summed E-state index contributed by atoms with van der Waals surface area (Å²) >= 11 is 0. The summed E-state index contributed by atoms with van der Waals surface area (Å²) in [6.45, 7) is 3.84. The fraction of sp³-hybridized carbons (Fsp3) is 0.913. The lowest BCUT2D eigenvalue weighted by atomic mass is 9.43. The Bertz CT molecular complexity index is 649. The summed E-state index contributed by atoms with van der Waals surface area (Å²) in [5.41, 5.74) is -1.92. The number of aliphatic hydroxyl groups is 3. The second kappa shape index (κ2) is 6.88. The molecule has 0 aromatic carbocycles. The van der Waals surface area contributed by atoms with Gasteiger partial charge in [-0.1, -0.05) is 26.7 Å². The number of carbonyl (C=O) groups excluding carboxylic acids is 2. The average molecular weight is 393 g/mol. The number of aliphatic hydroxyl groups excluding tert-OH is 2. The van der Waals surface area contributed by atoms with Gasteiger partial charge < -0.3 is 15.3 Å². The van der Waals surface area contributed by atoms with Crippen molar-refractivity contribution in [2.45, 2.75) is 83.3 Å². The highest BCUT2D eigenvalue weighted by Crippen LogP contribution is 2.69. The number of Topliss-reactive ketones (excluding diaryl/α,β-unsaturated/α-hetero) is 1. The minimum Gasteiger partial charge on any atom is -0.395 e. The third-order valence-corrected chi connectivity index (χ3v) is 9.95. The van der Waals surface area contributed by atoms with Crippen molar-refractivity contribution in [1.29, 1.82) is 0 Å². The van der Waals surface area contributed by atoms with Crippen molar-refractivity contribution in [3.63, 3.8) is 0 Å². The quantitative estimate of drug-likeness (QED) is 0.505.